The summed E-state index contributed by atoms with van der Waals surface area (Å²) in [5, 5.41) is 6.00. The second-order valence-electron chi connectivity index (χ2n) is 7.57. The quantitative estimate of drug-likeness (QED) is 0.848. The third kappa shape index (κ3) is 4.11. The highest BCUT2D eigenvalue weighted by Crippen LogP contribution is 2.39. The van der Waals surface area contributed by atoms with Gasteiger partial charge < -0.3 is 20.3 Å². The van der Waals surface area contributed by atoms with E-state index in [1.54, 1.807) is 19.1 Å². The molecule has 1 aliphatic carbocycles. The summed E-state index contributed by atoms with van der Waals surface area (Å²) in [6.07, 6.45) is 6.14. The highest BCUT2D eigenvalue weighted by atomic mass is 16.5. The Kier molecular flexibility index (Phi) is 5.69. The van der Waals surface area contributed by atoms with Gasteiger partial charge in [-0.05, 0) is 30.5 Å². The van der Waals surface area contributed by atoms with Crippen molar-refractivity contribution in [3.63, 3.8) is 0 Å². The number of nitrogens with zero attached hydrogens (tertiary/aromatic N) is 1. The second kappa shape index (κ2) is 7.98. The standard InChI is InChI=1S/C20H29N3O3/c1-23-13-16(12-18(23)24)22-19(25)21-14-20(10-4-3-5-11-20)15-6-8-17(26-2)9-7-15/h6-9,16H,3-5,10-14H2,1-2H3,(H2,21,22,25). The minimum atomic E-state index is -0.184. The van der Waals surface area contributed by atoms with E-state index < -0.39 is 0 Å². The zero-order valence-electron chi connectivity index (χ0n) is 15.7. The van der Waals surface area contributed by atoms with Crippen LogP contribution in [0.15, 0.2) is 24.3 Å². The average Bonchev–Trinajstić information content (AvgIpc) is 2.98. The Morgan fingerprint density at radius 3 is 2.50 bits per heavy atom. The molecule has 1 heterocycles. The molecule has 2 aliphatic rings. The van der Waals surface area contributed by atoms with Gasteiger partial charge in [0.15, 0.2) is 0 Å². The molecule has 142 valence electrons. The Hall–Kier alpha value is -2.24. The van der Waals surface area contributed by atoms with Gasteiger partial charge in [-0.1, -0.05) is 31.4 Å². The number of hydrogen-bond acceptors (Lipinski definition) is 3. The maximum absolute atomic E-state index is 12.4. The molecule has 1 atom stereocenters. The molecule has 6 heteroatoms. The lowest BCUT2D eigenvalue weighted by Gasteiger charge is -2.38. The van der Waals surface area contributed by atoms with Gasteiger partial charge in [0.2, 0.25) is 5.91 Å². The molecule has 1 aromatic carbocycles. The number of likely N-dealkylation sites (N-methyl/N-ethyl adjacent to an activating group) is 1. The van der Waals surface area contributed by atoms with Crippen LogP contribution in [-0.2, 0) is 10.2 Å². The maximum Gasteiger partial charge on any atom is 0.315 e. The van der Waals surface area contributed by atoms with E-state index in [0.717, 1.165) is 18.6 Å². The minimum absolute atomic E-state index is 0.0237. The molecule has 0 spiro atoms. The number of rotatable bonds is 5. The Morgan fingerprint density at radius 1 is 1.23 bits per heavy atom. The van der Waals surface area contributed by atoms with Gasteiger partial charge in [0.1, 0.15) is 5.75 Å². The number of nitrogens with one attached hydrogen (secondary N) is 2. The number of likely N-dealkylation sites (tertiary alicyclic amines) is 1. The lowest BCUT2D eigenvalue weighted by atomic mass is 9.69. The third-order valence-corrected chi connectivity index (χ3v) is 5.78. The van der Waals surface area contributed by atoms with Crippen LogP contribution in [0.1, 0.15) is 44.1 Å². The van der Waals surface area contributed by atoms with Crippen molar-refractivity contribution in [2.75, 3.05) is 27.2 Å². The monoisotopic (exact) mass is 359 g/mol. The summed E-state index contributed by atoms with van der Waals surface area (Å²) in [5.74, 6) is 0.928. The molecule has 1 saturated heterocycles. The van der Waals surface area contributed by atoms with Crippen molar-refractivity contribution >= 4 is 11.9 Å². The molecule has 0 bridgehead atoms. The van der Waals surface area contributed by atoms with E-state index >= 15 is 0 Å². The molecule has 0 aromatic heterocycles. The van der Waals surface area contributed by atoms with E-state index in [0.29, 0.717) is 19.5 Å². The first-order valence-electron chi connectivity index (χ1n) is 9.45. The van der Waals surface area contributed by atoms with Crippen LogP contribution in [0, 0.1) is 0 Å². The molecule has 26 heavy (non-hydrogen) atoms. The Bertz CT molecular complexity index is 638. The first-order valence-corrected chi connectivity index (χ1v) is 9.45. The van der Waals surface area contributed by atoms with Crippen molar-refractivity contribution in [1.82, 2.24) is 15.5 Å². The van der Waals surface area contributed by atoms with E-state index in [-0.39, 0.29) is 23.4 Å². The van der Waals surface area contributed by atoms with Gasteiger partial charge >= 0.3 is 6.03 Å². The first-order chi connectivity index (χ1) is 12.5. The average molecular weight is 359 g/mol. The number of hydrogen-bond donors (Lipinski definition) is 2. The topological polar surface area (TPSA) is 70.7 Å². The SMILES string of the molecule is COc1ccc(C2(CNC(=O)NC3CC(=O)N(C)C3)CCCCC2)cc1. The van der Waals surface area contributed by atoms with Crippen molar-refractivity contribution in [3.05, 3.63) is 29.8 Å². The molecular formula is C20H29N3O3. The molecule has 1 aromatic rings. The fraction of sp³-hybridized carbons (Fsp3) is 0.600. The second-order valence-corrected chi connectivity index (χ2v) is 7.57. The lowest BCUT2D eigenvalue weighted by molar-refractivity contribution is -0.126. The number of amides is 3. The van der Waals surface area contributed by atoms with Crippen molar-refractivity contribution in [1.29, 1.82) is 0 Å². The first kappa shape index (κ1) is 18.5. The molecule has 0 radical (unpaired) electrons. The summed E-state index contributed by atoms with van der Waals surface area (Å²) in [6.45, 7) is 1.19. The summed E-state index contributed by atoms with van der Waals surface area (Å²) in [5.41, 5.74) is 1.23. The number of carbonyl (C=O) groups is 2. The van der Waals surface area contributed by atoms with Crippen molar-refractivity contribution in [2.24, 2.45) is 0 Å². The predicted molar refractivity (Wildman–Crippen MR) is 100 cm³/mol. The fourth-order valence-electron chi connectivity index (χ4n) is 4.19. The van der Waals surface area contributed by atoms with Gasteiger partial charge in [0.05, 0.1) is 13.2 Å². The smallest absolute Gasteiger partial charge is 0.315 e. The summed E-state index contributed by atoms with van der Waals surface area (Å²) in [4.78, 5) is 25.6. The van der Waals surface area contributed by atoms with E-state index in [9.17, 15) is 9.59 Å². The molecule has 1 unspecified atom stereocenters. The van der Waals surface area contributed by atoms with Crippen molar-refractivity contribution in [2.45, 2.75) is 50.0 Å². The molecule has 3 rings (SSSR count). The summed E-state index contributed by atoms with van der Waals surface area (Å²) >= 11 is 0. The summed E-state index contributed by atoms with van der Waals surface area (Å²) in [7, 11) is 3.44. The molecule has 2 N–H and O–H groups in total. The van der Waals surface area contributed by atoms with Crippen LogP contribution < -0.4 is 15.4 Å². The van der Waals surface area contributed by atoms with Gasteiger partial charge in [0, 0.05) is 32.0 Å². The maximum atomic E-state index is 12.4. The van der Waals surface area contributed by atoms with Crippen LogP contribution in [0.5, 0.6) is 5.75 Å². The number of ether oxygens (including phenoxy) is 1. The Morgan fingerprint density at radius 2 is 1.92 bits per heavy atom. The fourth-order valence-corrected chi connectivity index (χ4v) is 4.19. The van der Waals surface area contributed by atoms with Gasteiger partial charge in [0.25, 0.3) is 0 Å². The number of urea groups is 1. The van der Waals surface area contributed by atoms with Crippen LogP contribution in [-0.4, -0.2) is 50.1 Å². The van der Waals surface area contributed by atoms with Crippen LogP contribution in [0.2, 0.25) is 0 Å². The lowest BCUT2D eigenvalue weighted by Crippen LogP contribution is -2.48. The van der Waals surface area contributed by atoms with Crippen LogP contribution >= 0.6 is 0 Å². The Labute approximate surface area is 155 Å². The summed E-state index contributed by atoms with van der Waals surface area (Å²) in [6, 6.07) is 7.94. The highest BCUT2D eigenvalue weighted by Gasteiger charge is 2.35. The number of methoxy groups -OCH3 is 1. The van der Waals surface area contributed by atoms with Crippen LogP contribution in [0.4, 0.5) is 4.79 Å². The van der Waals surface area contributed by atoms with E-state index in [4.69, 9.17) is 4.74 Å². The minimum Gasteiger partial charge on any atom is -0.497 e. The van der Waals surface area contributed by atoms with Crippen molar-refractivity contribution in [3.8, 4) is 5.75 Å². The van der Waals surface area contributed by atoms with Gasteiger partial charge in [-0.3, -0.25) is 4.79 Å². The van der Waals surface area contributed by atoms with Crippen LogP contribution in [0.25, 0.3) is 0 Å². The van der Waals surface area contributed by atoms with Crippen molar-refractivity contribution < 1.29 is 14.3 Å². The molecular weight excluding hydrogens is 330 g/mol. The van der Waals surface area contributed by atoms with E-state index in [2.05, 4.69) is 22.8 Å². The van der Waals surface area contributed by atoms with Crippen LogP contribution in [0.3, 0.4) is 0 Å². The Balaban J connectivity index is 1.63. The zero-order chi connectivity index (χ0) is 18.6. The van der Waals surface area contributed by atoms with Gasteiger partial charge in [-0.25, -0.2) is 4.79 Å². The van der Waals surface area contributed by atoms with E-state index in [1.165, 1.54) is 24.8 Å². The van der Waals surface area contributed by atoms with Gasteiger partial charge in [-0.2, -0.15) is 0 Å². The normalized spacial score (nSPS) is 22.2. The number of carbonyl (C=O) groups excluding carboxylic acids is 2. The number of benzene rings is 1. The molecule has 2 fully saturated rings. The molecule has 1 saturated carbocycles. The third-order valence-electron chi connectivity index (χ3n) is 5.78. The molecule has 6 nitrogen and oxygen atoms in total. The predicted octanol–water partition coefficient (Wildman–Crippen LogP) is 2.43. The largest absolute Gasteiger partial charge is 0.497 e. The van der Waals surface area contributed by atoms with Gasteiger partial charge in [-0.15, -0.1) is 0 Å². The highest BCUT2D eigenvalue weighted by molar-refractivity contribution is 5.81. The summed E-state index contributed by atoms with van der Waals surface area (Å²) < 4.78 is 5.27. The molecule has 1 aliphatic heterocycles. The molecule has 3 amide bonds. The zero-order valence-corrected chi connectivity index (χ0v) is 15.7. The van der Waals surface area contributed by atoms with E-state index in [1.807, 2.05) is 12.1 Å².